The van der Waals surface area contributed by atoms with E-state index in [1.54, 1.807) is 23.4 Å². The third kappa shape index (κ3) is 3.88. The highest BCUT2D eigenvalue weighted by Gasteiger charge is 2.37. The molecule has 186 valence electrons. The Morgan fingerprint density at radius 2 is 1.97 bits per heavy atom. The Labute approximate surface area is 207 Å². The minimum absolute atomic E-state index is 0.0780. The summed E-state index contributed by atoms with van der Waals surface area (Å²) in [7, 11) is -3.46. The van der Waals surface area contributed by atoms with Crippen LogP contribution in [0.25, 0.3) is 22.3 Å². The van der Waals surface area contributed by atoms with Crippen LogP contribution in [0, 0.1) is 0 Å². The number of carbonyl (C=O) groups is 1. The Kier molecular flexibility index (Phi) is 5.25. The smallest absolute Gasteiger partial charge is 0.256 e. The third-order valence-corrected chi connectivity index (χ3v) is 8.36. The van der Waals surface area contributed by atoms with Crippen molar-refractivity contribution in [1.82, 2.24) is 33.9 Å². The lowest BCUT2D eigenvalue weighted by atomic mass is 10.2. The second-order valence-corrected chi connectivity index (χ2v) is 11.4. The zero-order valence-electron chi connectivity index (χ0n) is 19.9. The summed E-state index contributed by atoms with van der Waals surface area (Å²) in [5, 5.41) is 12.4. The van der Waals surface area contributed by atoms with E-state index in [2.05, 4.69) is 25.4 Å². The van der Waals surface area contributed by atoms with Crippen molar-refractivity contribution in [1.29, 1.82) is 0 Å². The first-order chi connectivity index (χ1) is 17.3. The average molecular weight is 508 g/mol. The van der Waals surface area contributed by atoms with E-state index in [0.29, 0.717) is 54.6 Å². The van der Waals surface area contributed by atoms with Crippen molar-refractivity contribution in [2.45, 2.75) is 50.8 Å². The van der Waals surface area contributed by atoms with Gasteiger partial charge in [0.15, 0.2) is 11.6 Å². The molecule has 1 aliphatic heterocycles. The standard InChI is InChI=1S/C23H25N9O3S/c1-14(2)32-18-10-20(25-12-17(18)23(29-32)30-9-3-4-21(30)33)27-19-7-8-24-22(28-19)15-11-26-31(13-15)36(34,35)16-5-6-16/h7-8,10-14,16H,3-6,9H2,1-2H3,(H,24,25,27,28). The molecule has 1 saturated carbocycles. The van der Waals surface area contributed by atoms with Gasteiger partial charge in [-0.2, -0.15) is 14.3 Å². The molecule has 13 heteroatoms. The average Bonchev–Trinajstić information content (AvgIpc) is 3.28. The Morgan fingerprint density at radius 3 is 2.69 bits per heavy atom. The number of hydrogen-bond donors (Lipinski definition) is 1. The number of fused-ring (bicyclic) bond motifs is 1. The normalized spacial score (nSPS) is 16.4. The number of nitrogens with zero attached hydrogens (tertiary/aromatic N) is 8. The fourth-order valence-corrected chi connectivity index (χ4v) is 5.80. The lowest BCUT2D eigenvalue weighted by molar-refractivity contribution is -0.117. The van der Waals surface area contributed by atoms with Crippen molar-refractivity contribution in [3.05, 3.63) is 36.9 Å². The lowest BCUT2D eigenvalue weighted by Gasteiger charge is -2.12. The molecular weight excluding hydrogens is 482 g/mol. The van der Waals surface area contributed by atoms with E-state index < -0.39 is 10.0 Å². The minimum Gasteiger partial charge on any atom is -0.325 e. The van der Waals surface area contributed by atoms with Crippen LogP contribution in [0.2, 0.25) is 0 Å². The summed E-state index contributed by atoms with van der Waals surface area (Å²) in [4.78, 5) is 27.4. The van der Waals surface area contributed by atoms with Gasteiger partial charge in [-0.25, -0.2) is 23.4 Å². The van der Waals surface area contributed by atoms with Crippen molar-refractivity contribution in [3.8, 4) is 11.4 Å². The zero-order valence-corrected chi connectivity index (χ0v) is 20.7. The van der Waals surface area contributed by atoms with Crippen LogP contribution >= 0.6 is 0 Å². The number of hydrogen-bond acceptors (Lipinski definition) is 9. The molecule has 12 nitrogen and oxygen atoms in total. The van der Waals surface area contributed by atoms with Crippen molar-refractivity contribution in [2.75, 3.05) is 16.8 Å². The largest absolute Gasteiger partial charge is 0.325 e. The Balaban J connectivity index is 1.30. The molecule has 0 radical (unpaired) electrons. The summed E-state index contributed by atoms with van der Waals surface area (Å²) in [5.74, 6) is 2.12. The molecule has 0 aromatic carbocycles. The molecule has 0 spiro atoms. The molecular formula is C23H25N9O3S. The highest BCUT2D eigenvalue weighted by molar-refractivity contribution is 7.90. The summed E-state index contributed by atoms with van der Waals surface area (Å²) in [5.41, 5.74) is 1.36. The summed E-state index contributed by atoms with van der Waals surface area (Å²) in [6.07, 6.45) is 8.89. The maximum atomic E-state index is 12.4. The first-order valence-corrected chi connectivity index (χ1v) is 13.4. The molecule has 2 aliphatic rings. The van der Waals surface area contributed by atoms with Gasteiger partial charge in [-0.15, -0.1) is 0 Å². The number of aromatic nitrogens is 7. The van der Waals surface area contributed by atoms with E-state index in [9.17, 15) is 13.2 Å². The van der Waals surface area contributed by atoms with E-state index >= 15 is 0 Å². The summed E-state index contributed by atoms with van der Waals surface area (Å²) in [6, 6.07) is 3.67. The number of anilines is 3. The SMILES string of the molecule is CC(C)n1nc(N2CCCC2=O)c2cnc(Nc3ccnc(-c4cnn(S(=O)(=O)C5CC5)c4)n3)cc21. The minimum atomic E-state index is -3.46. The van der Waals surface area contributed by atoms with Crippen LogP contribution in [-0.2, 0) is 14.8 Å². The summed E-state index contributed by atoms with van der Waals surface area (Å²) >= 11 is 0. The van der Waals surface area contributed by atoms with E-state index in [0.717, 1.165) is 21.4 Å². The highest BCUT2D eigenvalue weighted by Crippen LogP contribution is 2.33. The van der Waals surface area contributed by atoms with Crippen molar-refractivity contribution in [2.24, 2.45) is 0 Å². The van der Waals surface area contributed by atoms with Gasteiger partial charge in [-0.1, -0.05) is 0 Å². The molecule has 1 saturated heterocycles. The molecule has 5 heterocycles. The molecule has 4 aromatic rings. The highest BCUT2D eigenvalue weighted by atomic mass is 32.2. The molecule has 1 N–H and O–H groups in total. The first-order valence-electron chi connectivity index (χ1n) is 11.9. The van der Waals surface area contributed by atoms with Gasteiger partial charge in [0, 0.05) is 37.5 Å². The van der Waals surface area contributed by atoms with Gasteiger partial charge >= 0.3 is 0 Å². The topological polar surface area (TPSA) is 141 Å². The van der Waals surface area contributed by atoms with Crippen LogP contribution in [0.5, 0.6) is 0 Å². The van der Waals surface area contributed by atoms with Crippen LogP contribution in [0.4, 0.5) is 17.5 Å². The van der Waals surface area contributed by atoms with Gasteiger partial charge in [0.2, 0.25) is 5.91 Å². The zero-order chi connectivity index (χ0) is 25.0. The number of amides is 1. The fraction of sp³-hybridized carbons (Fsp3) is 0.391. The van der Waals surface area contributed by atoms with Gasteiger partial charge in [-0.3, -0.25) is 14.4 Å². The molecule has 6 rings (SSSR count). The van der Waals surface area contributed by atoms with Crippen LogP contribution < -0.4 is 10.2 Å². The monoisotopic (exact) mass is 507 g/mol. The van der Waals surface area contributed by atoms with Gasteiger partial charge in [0.25, 0.3) is 10.0 Å². The first kappa shape index (κ1) is 22.6. The molecule has 1 aliphatic carbocycles. The number of pyridine rings is 1. The Bertz CT molecular complexity index is 1590. The van der Waals surface area contributed by atoms with E-state index in [4.69, 9.17) is 5.10 Å². The molecule has 2 fully saturated rings. The maximum absolute atomic E-state index is 12.4. The van der Waals surface area contributed by atoms with E-state index in [1.165, 1.54) is 12.4 Å². The number of rotatable bonds is 7. The lowest BCUT2D eigenvalue weighted by Crippen LogP contribution is -2.24. The predicted molar refractivity (Wildman–Crippen MR) is 133 cm³/mol. The van der Waals surface area contributed by atoms with Gasteiger partial charge in [0.1, 0.15) is 11.6 Å². The second kappa shape index (κ2) is 8.36. The van der Waals surface area contributed by atoms with Gasteiger partial charge in [0.05, 0.1) is 34.1 Å². The molecule has 0 bridgehead atoms. The predicted octanol–water partition coefficient (Wildman–Crippen LogP) is 2.88. The molecule has 0 unspecified atom stereocenters. The van der Waals surface area contributed by atoms with Crippen molar-refractivity contribution in [3.63, 3.8) is 0 Å². The van der Waals surface area contributed by atoms with Crippen LogP contribution in [0.15, 0.2) is 36.9 Å². The van der Waals surface area contributed by atoms with Crippen molar-refractivity contribution < 1.29 is 13.2 Å². The van der Waals surface area contributed by atoms with E-state index in [-0.39, 0.29) is 17.2 Å². The maximum Gasteiger partial charge on any atom is 0.256 e. The van der Waals surface area contributed by atoms with Crippen LogP contribution in [-0.4, -0.2) is 60.0 Å². The molecule has 1 amide bonds. The summed E-state index contributed by atoms with van der Waals surface area (Å²) < 4.78 is 27.8. The van der Waals surface area contributed by atoms with Crippen LogP contribution in [0.1, 0.15) is 45.6 Å². The van der Waals surface area contributed by atoms with Crippen LogP contribution in [0.3, 0.4) is 0 Å². The van der Waals surface area contributed by atoms with Gasteiger partial charge < -0.3 is 5.32 Å². The number of carbonyl (C=O) groups excluding carboxylic acids is 1. The fourth-order valence-electron chi connectivity index (χ4n) is 4.33. The Morgan fingerprint density at radius 1 is 1.14 bits per heavy atom. The number of nitrogens with one attached hydrogen (secondary N) is 1. The van der Waals surface area contributed by atoms with E-state index in [1.807, 2.05) is 24.6 Å². The molecule has 0 atom stereocenters. The third-order valence-electron chi connectivity index (χ3n) is 6.33. The molecule has 36 heavy (non-hydrogen) atoms. The Hall–Kier alpha value is -3.87. The molecule has 4 aromatic heterocycles. The second-order valence-electron chi connectivity index (χ2n) is 9.33. The van der Waals surface area contributed by atoms with Crippen molar-refractivity contribution >= 4 is 44.3 Å². The van der Waals surface area contributed by atoms with Gasteiger partial charge in [-0.05, 0) is 39.2 Å². The quantitative estimate of drug-likeness (QED) is 0.400. The summed E-state index contributed by atoms with van der Waals surface area (Å²) in [6.45, 7) is 4.73.